The van der Waals surface area contributed by atoms with Gasteiger partial charge in [-0.2, -0.15) is 4.99 Å². The number of amides is 1. The number of carbonyl (C=O) groups excluding carboxylic acids is 1. The highest BCUT2D eigenvalue weighted by Crippen LogP contribution is 2.41. The van der Waals surface area contributed by atoms with Crippen molar-refractivity contribution < 1.29 is 13.2 Å². The van der Waals surface area contributed by atoms with E-state index in [0.717, 1.165) is 24.1 Å². The summed E-state index contributed by atoms with van der Waals surface area (Å²) in [7, 11) is -3.04. The molecule has 2 atom stereocenters. The highest BCUT2D eigenvalue weighted by molar-refractivity contribution is 8.16. The molecule has 2 heterocycles. The average Bonchev–Trinajstić information content (AvgIpc) is 3.02. The van der Waals surface area contributed by atoms with Crippen molar-refractivity contribution in [2.75, 3.05) is 16.4 Å². The van der Waals surface area contributed by atoms with Crippen LogP contribution in [-0.4, -0.2) is 42.3 Å². The molecule has 1 aromatic rings. The van der Waals surface area contributed by atoms with Crippen LogP contribution < -0.4 is 4.90 Å². The van der Waals surface area contributed by atoms with Crippen LogP contribution in [0.25, 0.3) is 0 Å². The minimum atomic E-state index is -3.04. The number of aliphatic imine (C=N–C) groups is 1. The summed E-state index contributed by atoms with van der Waals surface area (Å²) >= 11 is 1.44. The van der Waals surface area contributed by atoms with Gasteiger partial charge >= 0.3 is 0 Å². The first kappa shape index (κ1) is 19.4. The fourth-order valence-corrected chi connectivity index (χ4v) is 7.48. The van der Waals surface area contributed by atoms with E-state index in [1.165, 1.54) is 17.3 Å². The Kier molecular flexibility index (Phi) is 5.49. The number of carbonyl (C=O) groups is 1. The van der Waals surface area contributed by atoms with E-state index in [4.69, 9.17) is 0 Å². The van der Waals surface area contributed by atoms with Gasteiger partial charge in [0.2, 0.25) is 0 Å². The summed E-state index contributed by atoms with van der Waals surface area (Å²) in [5.74, 6) is 0.0977. The second kappa shape index (κ2) is 7.35. The molecule has 1 amide bonds. The normalized spacial score (nSPS) is 25.9. The Morgan fingerprint density at radius 2 is 1.92 bits per heavy atom. The fraction of sp³-hybridized carbons (Fsp3) is 0.579. The van der Waals surface area contributed by atoms with E-state index >= 15 is 0 Å². The summed E-state index contributed by atoms with van der Waals surface area (Å²) in [6, 6.07) is 5.93. The Balaban J connectivity index is 2.01. The first-order chi connectivity index (χ1) is 12.3. The largest absolute Gasteiger partial charge is 0.316 e. The summed E-state index contributed by atoms with van der Waals surface area (Å²) in [6.45, 7) is 8.08. The number of anilines is 1. The molecular weight excluding hydrogens is 368 g/mol. The zero-order valence-electron chi connectivity index (χ0n) is 15.7. The Bertz CT molecular complexity index is 844. The van der Waals surface area contributed by atoms with E-state index in [2.05, 4.69) is 11.1 Å². The van der Waals surface area contributed by atoms with Crippen molar-refractivity contribution in [2.45, 2.75) is 51.8 Å². The Morgan fingerprint density at radius 1 is 1.23 bits per heavy atom. The fourth-order valence-electron chi connectivity index (χ4n) is 3.57. The maximum atomic E-state index is 12.6. The highest BCUT2D eigenvalue weighted by Gasteiger charge is 2.49. The molecular formula is C19H26N2O3S2. The van der Waals surface area contributed by atoms with E-state index in [0.29, 0.717) is 5.17 Å². The number of hydrogen-bond donors (Lipinski definition) is 0. The number of benzene rings is 1. The monoisotopic (exact) mass is 394 g/mol. The molecule has 1 aromatic carbocycles. The van der Waals surface area contributed by atoms with E-state index in [1.54, 1.807) is 0 Å². The highest BCUT2D eigenvalue weighted by atomic mass is 32.2. The second-order valence-electron chi connectivity index (χ2n) is 7.19. The van der Waals surface area contributed by atoms with Gasteiger partial charge in [0.1, 0.15) is 0 Å². The first-order valence-corrected chi connectivity index (χ1v) is 11.8. The van der Waals surface area contributed by atoms with E-state index in [-0.39, 0.29) is 34.6 Å². The molecule has 0 aromatic heterocycles. The van der Waals surface area contributed by atoms with Crippen LogP contribution in [0.1, 0.15) is 37.8 Å². The lowest BCUT2D eigenvalue weighted by Gasteiger charge is -2.25. The number of sulfone groups is 1. The molecule has 0 N–H and O–H groups in total. The molecule has 26 heavy (non-hydrogen) atoms. The van der Waals surface area contributed by atoms with Crippen LogP contribution in [0.4, 0.5) is 5.69 Å². The van der Waals surface area contributed by atoms with Gasteiger partial charge in [0.25, 0.3) is 5.91 Å². The van der Waals surface area contributed by atoms with Gasteiger partial charge in [-0.3, -0.25) is 4.79 Å². The van der Waals surface area contributed by atoms with Crippen molar-refractivity contribution in [2.24, 2.45) is 10.9 Å². The third kappa shape index (κ3) is 3.69. The van der Waals surface area contributed by atoms with E-state index in [1.807, 2.05) is 44.7 Å². The predicted octanol–water partition coefficient (Wildman–Crippen LogP) is 3.34. The van der Waals surface area contributed by atoms with Crippen molar-refractivity contribution in [3.63, 3.8) is 0 Å². The number of rotatable bonds is 4. The van der Waals surface area contributed by atoms with Crippen LogP contribution in [0, 0.1) is 19.8 Å². The molecule has 0 bridgehead atoms. The lowest BCUT2D eigenvalue weighted by molar-refractivity contribution is -0.121. The lowest BCUT2D eigenvalue weighted by atomic mass is 10.0. The van der Waals surface area contributed by atoms with Gasteiger partial charge in [0.15, 0.2) is 15.0 Å². The SMILES string of the molecule is CCC(CC)C(=O)N=C1S[C@H]2CS(=O)(=O)C[C@H]2N1c1ccc(C)c(C)c1. The summed E-state index contributed by atoms with van der Waals surface area (Å²) < 4.78 is 24.3. The number of nitrogens with zero attached hydrogens (tertiary/aromatic N) is 2. The van der Waals surface area contributed by atoms with Crippen molar-refractivity contribution >= 4 is 38.4 Å². The molecule has 0 spiro atoms. The third-order valence-electron chi connectivity index (χ3n) is 5.38. The van der Waals surface area contributed by atoms with Crippen LogP contribution in [0.2, 0.25) is 0 Å². The van der Waals surface area contributed by atoms with Crippen LogP contribution in [0.5, 0.6) is 0 Å². The number of amidine groups is 1. The molecule has 0 radical (unpaired) electrons. The van der Waals surface area contributed by atoms with Gasteiger partial charge in [-0.1, -0.05) is 31.7 Å². The van der Waals surface area contributed by atoms with Gasteiger partial charge in [-0.05, 0) is 49.9 Å². The van der Waals surface area contributed by atoms with Crippen LogP contribution in [0.15, 0.2) is 23.2 Å². The quantitative estimate of drug-likeness (QED) is 0.783. The Hall–Kier alpha value is -1.34. The summed E-state index contributed by atoms with van der Waals surface area (Å²) in [4.78, 5) is 19.0. The van der Waals surface area contributed by atoms with Gasteiger partial charge < -0.3 is 4.90 Å². The van der Waals surface area contributed by atoms with Crippen LogP contribution in [0.3, 0.4) is 0 Å². The van der Waals surface area contributed by atoms with Gasteiger partial charge in [0.05, 0.1) is 17.5 Å². The van der Waals surface area contributed by atoms with Crippen molar-refractivity contribution in [3.05, 3.63) is 29.3 Å². The summed E-state index contributed by atoms with van der Waals surface area (Å²) in [5.41, 5.74) is 3.24. The standard InChI is InChI=1S/C19H26N2O3S2/c1-5-14(6-2)18(22)20-19-21(15-8-7-12(3)13(4)9-15)16-10-26(23,24)11-17(16)25-19/h7-9,14,16-17H,5-6,10-11H2,1-4H3/t16-,17+/m1/s1. The molecule has 142 valence electrons. The number of thioether (sulfide) groups is 1. The van der Waals surface area contributed by atoms with Gasteiger partial charge in [-0.15, -0.1) is 0 Å². The van der Waals surface area contributed by atoms with Crippen molar-refractivity contribution in [1.82, 2.24) is 0 Å². The van der Waals surface area contributed by atoms with E-state index in [9.17, 15) is 13.2 Å². The molecule has 0 saturated carbocycles. The average molecular weight is 395 g/mol. The summed E-state index contributed by atoms with van der Waals surface area (Å²) in [5, 5.41) is 0.588. The van der Waals surface area contributed by atoms with Crippen molar-refractivity contribution in [1.29, 1.82) is 0 Å². The molecule has 7 heteroatoms. The number of hydrogen-bond acceptors (Lipinski definition) is 4. The number of aryl methyl sites for hydroxylation is 2. The predicted molar refractivity (Wildman–Crippen MR) is 109 cm³/mol. The molecule has 0 unspecified atom stereocenters. The zero-order chi connectivity index (χ0) is 19.1. The van der Waals surface area contributed by atoms with Crippen LogP contribution in [-0.2, 0) is 14.6 Å². The second-order valence-corrected chi connectivity index (χ2v) is 10.5. The molecule has 2 aliphatic rings. The lowest BCUT2D eigenvalue weighted by Crippen LogP contribution is -2.38. The maximum Gasteiger partial charge on any atom is 0.251 e. The van der Waals surface area contributed by atoms with Crippen molar-refractivity contribution in [3.8, 4) is 0 Å². The third-order valence-corrected chi connectivity index (χ3v) is 8.59. The topological polar surface area (TPSA) is 66.8 Å². The summed E-state index contributed by atoms with van der Waals surface area (Å²) in [6.07, 6.45) is 1.53. The number of fused-ring (bicyclic) bond motifs is 1. The maximum absolute atomic E-state index is 12.6. The minimum absolute atomic E-state index is 0.0603. The zero-order valence-corrected chi connectivity index (χ0v) is 17.4. The minimum Gasteiger partial charge on any atom is -0.316 e. The Morgan fingerprint density at radius 3 is 2.54 bits per heavy atom. The van der Waals surface area contributed by atoms with Crippen LogP contribution >= 0.6 is 11.8 Å². The van der Waals surface area contributed by atoms with Gasteiger partial charge in [0, 0.05) is 16.9 Å². The molecule has 2 saturated heterocycles. The Labute approximate surface area is 160 Å². The smallest absolute Gasteiger partial charge is 0.251 e. The molecule has 0 aliphatic carbocycles. The molecule has 3 rings (SSSR count). The molecule has 2 fully saturated rings. The molecule has 2 aliphatic heterocycles. The van der Waals surface area contributed by atoms with Gasteiger partial charge in [-0.25, -0.2) is 8.42 Å². The first-order valence-electron chi connectivity index (χ1n) is 9.11. The molecule has 5 nitrogen and oxygen atoms in total. The van der Waals surface area contributed by atoms with E-state index < -0.39 is 9.84 Å².